The Morgan fingerprint density at radius 2 is 2.07 bits per heavy atom. The molecule has 0 amide bonds. The van der Waals surface area contributed by atoms with Gasteiger partial charge in [0, 0.05) is 18.5 Å². The van der Waals surface area contributed by atoms with Gasteiger partial charge >= 0.3 is 0 Å². The molecule has 0 saturated heterocycles. The van der Waals surface area contributed by atoms with Gasteiger partial charge in [0.15, 0.2) is 0 Å². The first-order valence-electron chi connectivity index (χ1n) is 5.16. The van der Waals surface area contributed by atoms with Crippen molar-refractivity contribution in [2.24, 2.45) is 0 Å². The largest absolute Gasteiger partial charge is 0.383 e. The van der Waals surface area contributed by atoms with Crippen LogP contribution in [0.5, 0.6) is 0 Å². The van der Waals surface area contributed by atoms with Crippen molar-refractivity contribution < 1.29 is 4.74 Å². The summed E-state index contributed by atoms with van der Waals surface area (Å²) < 4.78 is 5.02. The molecule has 0 saturated carbocycles. The van der Waals surface area contributed by atoms with Crippen LogP contribution in [0.3, 0.4) is 0 Å². The third-order valence-corrected chi connectivity index (χ3v) is 3.83. The molecule has 1 aromatic rings. The van der Waals surface area contributed by atoms with E-state index in [0.29, 0.717) is 0 Å². The van der Waals surface area contributed by atoms with Crippen molar-refractivity contribution in [3.05, 3.63) is 15.6 Å². The van der Waals surface area contributed by atoms with Crippen molar-refractivity contribution in [2.45, 2.75) is 33.2 Å². The highest BCUT2D eigenvalue weighted by Gasteiger charge is 2.23. The van der Waals surface area contributed by atoms with Gasteiger partial charge in [0.2, 0.25) is 0 Å². The van der Waals surface area contributed by atoms with Crippen LogP contribution in [0.2, 0.25) is 0 Å². The van der Waals surface area contributed by atoms with E-state index in [1.165, 1.54) is 4.88 Å². The monoisotopic (exact) mass is 228 g/mol. The predicted octanol–water partition coefficient (Wildman–Crippen LogP) is 2.23. The molecule has 3 nitrogen and oxygen atoms in total. The number of ether oxygens (including phenoxy) is 1. The van der Waals surface area contributed by atoms with E-state index in [1.807, 2.05) is 0 Å². The van der Waals surface area contributed by atoms with Gasteiger partial charge in [0.05, 0.1) is 17.8 Å². The van der Waals surface area contributed by atoms with Crippen LogP contribution < -0.4 is 5.32 Å². The minimum atomic E-state index is -0.0672. The molecule has 1 heterocycles. The molecule has 0 aliphatic heterocycles. The van der Waals surface area contributed by atoms with Crippen LogP contribution in [0.25, 0.3) is 0 Å². The summed E-state index contributed by atoms with van der Waals surface area (Å²) in [4.78, 5) is 5.87. The Labute approximate surface area is 95.9 Å². The van der Waals surface area contributed by atoms with Crippen LogP contribution in [0, 0.1) is 13.8 Å². The number of rotatable bonds is 5. The molecule has 0 unspecified atom stereocenters. The second-order valence-corrected chi connectivity index (χ2v) is 5.41. The molecule has 4 heteroatoms. The first-order valence-corrected chi connectivity index (χ1v) is 5.97. The molecule has 86 valence electrons. The molecule has 1 aromatic heterocycles. The van der Waals surface area contributed by atoms with Crippen molar-refractivity contribution >= 4 is 11.3 Å². The summed E-state index contributed by atoms with van der Waals surface area (Å²) in [7, 11) is 1.71. The fourth-order valence-electron chi connectivity index (χ4n) is 1.28. The SMILES string of the molecule is COCCNC(C)(C)c1nc(C)c(C)s1. The summed E-state index contributed by atoms with van der Waals surface area (Å²) in [6.07, 6.45) is 0. The molecule has 15 heavy (non-hydrogen) atoms. The first-order chi connectivity index (χ1) is 6.97. The Hall–Kier alpha value is -0.450. The van der Waals surface area contributed by atoms with Crippen LogP contribution in [-0.4, -0.2) is 25.2 Å². The molecule has 0 bridgehead atoms. The molecule has 0 aliphatic rings. The minimum absolute atomic E-state index is 0.0672. The number of nitrogens with zero attached hydrogens (tertiary/aromatic N) is 1. The maximum absolute atomic E-state index is 5.02. The lowest BCUT2D eigenvalue weighted by Crippen LogP contribution is -2.38. The second kappa shape index (κ2) is 5.05. The molecule has 0 spiro atoms. The van der Waals surface area contributed by atoms with E-state index in [-0.39, 0.29) is 5.54 Å². The maximum atomic E-state index is 5.02. The number of nitrogens with one attached hydrogen (secondary N) is 1. The third kappa shape index (κ3) is 3.26. The maximum Gasteiger partial charge on any atom is 0.113 e. The van der Waals surface area contributed by atoms with Crippen molar-refractivity contribution in [1.29, 1.82) is 0 Å². The van der Waals surface area contributed by atoms with Gasteiger partial charge < -0.3 is 10.1 Å². The van der Waals surface area contributed by atoms with Crippen LogP contribution in [0.1, 0.15) is 29.4 Å². The zero-order chi connectivity index (χ0) is 11.5. The average molecular weight is 228 g/mol. The van der Waals surface area contributed by atoms with Crippen molar-refractivity contribution in [2.75, 3.05) is 20.3 Å². The molecule has 0 aromatic carbocycles. The number of aromatic nitrogens is 1. The topological polar surface area (TPSA) is 34.1 Å². The van der Waals surface area contributed by atoms with Gasteiger partial charge in [-0.15, -0.1) is 11.3 Å². The van der Waals surface area contributed by atoms with Crippen molar-refractivity contribution in [3.63, 3.8) is 0 Å². The highest BCUT2D eigenvalue weighted by Crippen LogP contribution is 2.26. The van der Waals surface area contributed by atoms with Gasteiger partial charge in [-0.05, 0) is 27.7 Å². The Morgan fingerprint density at radius 1 is 1.40 bits per heavy atom. The quantitative estimate of drug-likeness (QED) is 0.785. The van der Waals surface area contributed by atoms with E-state index in [2.05, 4.69) is 38.0 Å². The van der Waals surface area contributed by atoms with Crippen molar-refractivity contribution in [1.82, 2.24) is 10.3 Å². The number of hydrogen-bond acceptors (Lipinski definition) is 4. The molecule has 1 N–H and O–H groups in total. The van der Waals surface area contributed by atoms with Crippen LogP contribution in [-0.2, 0) is 10.3 Å². The standard InChI is InChI=1S/C11H20N2OS/c1-8-9(2)15-10(13-8)11(3,4)12-6-7-14-5/h12H,6-7H2,1-5H3. The van der Waals surface area contributed by atoms with E-state index >= 15 is 0 Å². The molecule has 0 fully saturated rings. The zero-order valence-corrected chi connectivity index (χ0v) is 11.0. The van der Waals surface area contributed by atoms with E-state index in [4.69, 9.17) is 4.74 Å². The summed E-state index contributed by atoms with van der Waals surface area (Å²) in [6.45, 7) is 10.1. The zero-order valence-electron chi connectivity index (χ0n) is 10.2. The summed E-state index contributed by atoms with van der Waals surface area (Å²) in [5.74, 6) is 0. The summed E-state index contributed by atoms with van der Waals surface area (Å²) in [5.41, 5.74) is 1.07. The lowest BCUT2D eigenvalue weighted by Gasteiger charge is -2.23. The lowest BCUT2D eigenvalue weighted by molar-refractivity contribution is 0.188. The summed E-state index contributed by atoms with van der Waals surface area (Å²) in [6, 6.07) is 0. The molecular formula is C11H20N2OS. The van der Waals surface area contributed by atoms with Gasteiger partial charge in [0.25, 0.3) is 0 Å². The molecule has 1 rings (SSSR count). The molecule has 0 aliphatic carbocycles. The Morgan fingerprint density at radius 3 is 2.53 bits per heavy atom. The Balaban J connectivity index is 2.67. The summed E-state index contributed by atoms with van der Waals surface area (Å²) >= 11 is 1.76. The van der Waals surface area contributed by atoms with Crippen LogP contribution in [0.15, 0.2) is 0 Å². The fourth-order valence-corrected chi connectivity index (χ4v) is 2.27. The Kier molecular flexibility index (Phi) is 4.25. The van der Waals surface area contributed by atoms with Crippen LogP contribution in [0.4, 0.5) is 0 Å². The van der Waals surface area contributed by atoms with Gasteiger partial charge in [-0.3, -0.25) is 0 Å². The number of thiazole rings is 1. The third-order valence-electron chi connectivity index (χ3n) is 2.44. The fraction of sp³-hybridized carbons (Fsp3) is 0.727. The minimum Gasteiger partial charge on any atom is -0.383 e. The smallest absolute Gasteiger partial charge is 0.113 e. The number of methoxy groups -OCH3 is 1. The molecule has 0 atom stereocenters. The van der Waals surface area contributed by atoms with E-state index in [9.17, 15) is 0 Å². The first kappa shape index (κ1) is 12.6. The average Bonchev–Trinajstić information content (AvgIpc) is 2.48. The van der Waals surface area contributed by atoms with Gasteiger partial charge in [0.1, 0.15) is 5.01 Å². The Bertz CT molecular complexity index is 301. The van der Waals surface area contributed by atoms with E-state index in [1.54, 1.807) is 18.4 Å². The van der Waals surface area contributed by atoms with Gasteiger partial charge in [-0.1, -0.05) is 0 Å². The number of hydrogen-bond donors (Lipinski definition) is 1. The lowest BCUT2D eigenvalue weighted by atomic mass is 10.1. The van der Waals surface area contributed by atoms with Gasteiger partial charge in [-0.2, -0.15) is 0 Å². The number of aryl methyl sites for hydroxylation is 2. The van der Waals surface area contributed by atoms with E-state index in [0.717, 1.165) is 23.9 Å². The second-order valence-electron chi connectivity index (χ2n) is 4.21. The summed E-state index contributed by atoms with van der Waals surface area (Å²) in [5, 5.41) is 4.59. The van der Waals surface area contributed by atoms with Crippen molar-refractivity contribution in [3.8, 4) is 0 Å². The molecule has 0 radical (unpaired) electrons. The predicted molar refractivity (Wildman–Crippen MR) is 64.5 cm³/mol. The highest BCUT2D eigenvalue weighted by atomic mass is 32.1. The highest BCUT2D eigenvalue weighted by molar-refractivity contribution is 7.11. The van der Waals surface area contributed by atoms with Gasteiger partial charge in [-0.25, -0.2) is 4.98 Å². The van der Waals surface area contributed by atoms with Crippen LogP contribution >= 0.6 is 11.3 Å². The molecular weight excluding hydrogens is 208 g/mol. The van der Waals surface area contributed by atoms with E-state index < -0.39 is 0 Å². The normalized spacial score (nSPS) is 12.1.